The maximum atomic E-state index is 12.5. The highest BCUT2D eigenvalue weighted by atomic mass is 16.2. The van der Waals surface area contributed by atoms with Crippen LogP contribution in [0.5, 0.6) is 0 Å². The Morgan fingerprint density at radius 3 is 2.52 bits per heavy atom. The molecule has 1 aromatic carbocycles. The maximum absolute atomic E-state index is 12.5. The van der Waals surface area contributed by atoms with E-state index in [0.29, 0.717) is 18.4 Å². The summed E-state index contributed by atoms with van der Waals surface area (Å²) in [5.74, 6) is 1.06. The molecule has 2 N–H and O–H groups in total. The number of hydrogen-bond acceptors (Lipinski definition) is 2. The van der Waals surface area contributed by atoms with E-state index in [1.54, 1.807) is 0 Å². The van der Waals surface area contributed by atoms with Crippen LogP contribution in [0.25, 0.3) is 0 Å². The molecule has 0 radical (unpaired) electrons. The number of nitrogens with zero attached hydrogens (tertiary/aromatic N) is 1. The minimum absolute atomic E-state index is 0.0755. The second kappa shape index (κ2) is 5.13. The number of rotatable bonds is 3. The lowest BCUT2D eigenvalue weighted by molar-refractivity contribution is -0.133. The van der Waals surface area contributed by atoms with Gasteiger partial charge in [0.1, 0.15) is 0 Å². The molecule has 0 aromatic heterocycles. The smallest absolute Gasteiger partial charge is 0.223 e. The molecule has 0 bridgehead atoms. The number of amides is 1. The monoisotopic (exact) mass is 284 g/mol. The van der Waals surface area contributed by atoms with Gasteiger partial charge in [-0.1, -0.05) is 24.3 Å². The van der Waals surface area contributed by atoms with Gasteiger partial charge < -0.3 is 10.6 Å². The zero-order chi connectivity index (χ0) is 14.4. The topological polar surface area (TPSA) is 46.3 Å². The molecule has 2 unspecified atom stereocenters. The van der Waals surface area contributed by atoms with Crippen molar-refractivity contribution in [3.63, 3.8) is 0 Å². The van der Waals surface area contributed by atoms with Gasteiger partial charge in [-0.15, -0.1) is 0 Å². The van der Waals surface area contributed by atoms with E-state index in [4.69, 9.17) is 5.73 Å². The van der Waals surface area contributed by atoms with Crippen LogP contribution >= 0.6 is 0 Å². The predicted molar refractivity (Wildman–Crippen MR) is 82.9 cm³/mol. The first-order valence-corrected chi connectivity index (χ1v) is 8.40. The molecule has 2 atom stereocenters. The van der Waals surface area contributed by atoms with Crippen LogP contribution in [0, 0.1) is 0 Å². The van der Waals surface area contributed by atoms with E-state index in [0.717, 1.165) is 31.6 Å². The molecule has 1 heterocycles. The lowest BCUT2D eigenvalue weighted by Gasteiger charge is -2.34. The van der Waals surface area contributed by atoms with Crippen molar-refractivity contribution in [2.75, 3.05) is 0 Å². The Hall–Kier alpha value is -1.35. The number of carbonyl (C=O) groups excluding carboxylic acids is 1. The van der Waals surface area contributed by atoms with Crippen molar-refractivity contribution in [2.24, 2.45) is 5.73 Å². The van der Waals surface area contributed by atoms with Crippen molar-refractivity contribution in [1.82, 2.24) is 4.90 Å². The van der Waals surface area contributed by atoms with E-state index < -0.39 is 0 Å². The van der Waals surface area contributed by atoms with Gasteiger partial charge in [-0.2, -0.15) is 0 Å². The quantitative estimate of drug-likeness (QED) is 0.927. The van der Waals surface area contributed by atoms with E-state index >= 15 is 0 Å². The molecule has 1 saturated heterocycles. The van der Waals surface area contributed by atoms with Gasteiger partial charge >= 0.3 is 0 Å². The molecular formula is C18H24N2O. The second-order valence-electron chi connectivity index (χ2n) is 6.98. The van der Waals surface area contributed by atoms with Gasteiger partial charge in [-0.05, 0) is 55.6 Å². The van der Waals surface area contributed by atoms with Crippen LogP contribution in [0.3, 0.4) is 0 Å². The van der Waals surface area contributed by atoms with Crippen molar-refractivity contribution in [1.29, 1.82) is 0 Å². The molecule has 2 saturated carbocycles. The third kappa shape index (κ3) is 2.59. The minimum atomic E-state index is 0.0755. The SMILES string of the molecule is NC1CCCC(=O)N(C2CC2)C1c1cccc(C2CC2)c1. The van der Waals surface area contributed by atoms with Gasteiger partial charge in [0.15, 0.2) is 0 Å². The summed E-state index contributed by atoms with van der Waals surface area (Å²) in [5, 5.41) is 0. The standard InChI is InChI=1S/C18H24N2O/c19-16-5-2-6-17(21)20(15-9-10-15)18(16)14-4-1-3-13(11-14)12-7-8-12/h1,3-4,11-12,15-16,18H,2,5-10,19H2. The summed E-state index contributed by atoms with van der Waals surface area (Å²) >= 11 is 0. The summed E-state index contributed by atoms with van der Waals surface area (Å²) in [6, 6.07) is 9.47. The highest BCUT2D eigenvalue weighted by Gasteiger charge is 2.41. The molecule has 3 aliphatic rings. The molecule has 3 heteroatoms. The van der Waals surface area contributed by atoms with Crippen LogP contribution in [-0.4, -0.2) is 22.9 Å². The fourth-order valence-corrected chi connectivity index (χ4v) is 3.74. The van der Waals surface area contributed by atoms with Crippen LogP contribution in [0.15, 0.2) is 24.3 Å². The summed E-state index contributed by atoms with van der Waals surface area (Å²) < 4.78 is 0. The first-order chi connectivity index (χ1) is 10.2. The van der Waals surface area contributed by atoms with Gasteiger partial charge in [0.2, 0.25) is 5.91 Å². The maximum Gasteiger partial charge on any atom is 0.223 e. The molecule has 21 heavy (non-hydrogen) atoms. The molecule has 0 spiro atoms. The lowest BCUT2D eigenvalue weighted by Crippen LogP contribution is -2.43. The van der Waals surface area contributed by atoms with Gasteiger partial charge in [-0.3, -0.25) is 4.79 Å². The van der Waals surface area contributed by atoms with E-state index in [9.17, 15) is 4.79 Å². The lowest BCUT2D eigenvalue weighted by atomic mass is 9.94. The summed E-state index contributed by atoms with van der Waals surface area (Å²) in [7, 11) is 0. The molecule has 2 aliphatic carbocycles. The molecule has 3 nitrogen and oxygen atoms in total. The number of nitrogens with two attached hydrogens (primary N) is 1. The Morgan fingerprint density at radius 2 is 1.81 bits per heavy atom. The van der Waals surface area contributed by atoms with E-state index in [1.165, 1.54) is 24.0 Å². The van der Waals surface area contributed by atoms with Gasteiger partial charge in [0.25, 0.3) is 0 Å². The van der Waals surface area contributed by atoms with Gasteiger partial charge in [-0.25, -0.2) is 0 Å². The van der Waals surface area contributed by atoms with Crippen LogP contribution in [-0.2, 0) is 4.79 Å². The van der Waals surface area contributed by atoms with E-state index in [1.807, 2.05) is 0 Å². The molecule has 1 aromatic rings. The Balaban J connectivity index is 1.70. The number of benzene rings is 1. The third-order valence-corrected chi connectivity index (χ3v) is 5.16. The van der Waals surface area contributed by atoms with Crippen LogP contribution in [0.2, 0.25) is 0 Å². The third-order valence-electron chi connectivity index (χ3n) is 5.16. The van der Waals surface area contributed by atoms with Gasteiger partial charge in [0, 0.05) is 18.5 Å². The summed E-state index contributed by atoms with van der Waals surface area (Å²) in [4.78, 5) is 14.7. The molecule has 1 aliphatic heterocycles. The molecule has 112 valence electrons. The molecule has 4 rings (SSSR count). The summed E-state index contributed by atoms with van der Waals surface area (Å²) in [6.07, 6.45) is 7.48. The molecule has 1 amide bonds. The minimum Gasteiger partial charge on any atom is -0.331 e. The van der Waals surface area contributed by atoms with Crippen LogP contribution in [0.1, 0.15) is 68.0 Å². The zero-order valence-corrected chi connectivity index (χ0v) is 12.5. The number of hydrogen-bond donors (Lipinski definition) is 1. The fourth-order valence-electron chi connectivity index (χ4n) is 3.74. The molecular weight excluding hydrogens is 260 g/mol. The normalized spacial score (nSPS) is 30.3. The van der Waals surface area contributed by atoms with Crippen LogP contribution < -0.4 is 5.73 Å². The van der Waals surface area contributed by atoms with Crippen molar-refractivity contribution in [3.8, 4) is 0 Å². The van der Waals surface area contributed by atoms with Crippen LogP contribution in [0.4, 0.5) is 0 Å². The first-order valence-electron chi connectivity index (χ1n) is 8.40. The number of likely N-dealkylation sites (tertiary alicyclic amines) is 1. The molecule has 3 fully saturated rings. The van der Waals surface area contributed by atoms with Crippen molar-refractivity contribution in [2.45, 2.75) is 69.0 Å². The Bertz CT molecular complexity index is 548. The van der Waals surface area contributed by atoms with Crippen molar-refractivity contribution in [3.05, 3.63) is 35.4 Å². The Labute approximate surface area is 126 Å². The van der Waals surface area contributed by atoms with Crippen molar-refractivity contribution < 1.29 is 4.79 Å². The Kier molecular flexibility index (Phi) is 3.26. The average Bonchev–Trinajstić information content (AvgIpc) is 3.36. The highest BCUT2D eigenvalue weighted by molar-refractivity contribution is 5.78. The van der Waals surface area contributed by atoms with Gasteiger partial charge in [0.05, 0.1) is 6.04 Å². The summed E-state index contributed by atoms with van der Waals surface area (Å²) in [5.41, 5.74) is 9.17. The second-order valence-corrected chi connectivity index (χ2v) is 6.98. The van der Waals surface area contributed by atoms with Crippen molar-refractivity contribution >= 4 is 5.91 Å². The Morgan fingerprint density at radius 1 is 1.05 bits per heavy atom. The van der Waals surface area contributed by atoms with E-state index in [2.05, 4.69) is 29.2 Å². The predicted octanol–water partition coefficient (Wildman–Crippen LogP) is 3.11. The average molecular weight is 284 g/mol. The largest absolute Gasteiger partial charge is 0.331 e. The zero-order valence-electron chi connectivity index (χ0n) is 12.5. The summed E-state index contributed by atoms with van der Waals surface area (Å²) in [6.45, 7) is 0. The highest BCUT2D eigenvalue weighted by Crippen LogP contribution is 2.43. The number of carbonyl (C=O) groups is 1. The fraction of sp³-hybridized carbons (Fsp3) is 0.611. The van der Waals surface area contributed by atoms with E-state index in [-0.39, 0.29) is 12.1 Å². The first kappa shape index (κ1) is 13.3.